The van der Waals surface area contributed by atoms with E-state index in [1.54, 1.807) is 38.5 Å². The summed E-state index contributed by atoms with van der Waals surface area (Å²) in [5, 5.41) is 18.3. The summed E-state index contributed by atoms with van der Waals surface area (Å²) in [5.74, 6) is 0.292. The molecule has 1 amide bonds. The van der Waals surface area contributed by atoms with Gasteiger partial charge in [-0.3, -0.25) is 14.9 Å². The number of hydrogen-bond acceptors (Lipinski definition) is 6. The van der Waals surface area contributed by atoms with E-state index in [0.29, 0.717) is 30.2 Å². The van der Waals surface area contributed by atoms with Crippen LogP contribution in [0.15, 0.2) is 72.8 Å². The minimum absolute atomic E-state index is 0.0962. The van der Waals surface area contributed by atoms with Crippen LogP contribution in [0.25, 0.3) is 16.9 Å². The number of nitrogens with zero attached hydrogens (tertiary/aromatic N) is 3. The Morgan fingerprint density at radius 3 is 2.42 bits per heavy atom. The Bertz CT molecular complexity index is 1400. The third-order valence-corrected chi connectivity index (χ3v) is 5.54. The highest BCUT2D eigenvalue weighted by Crippen LogP contribution is 2.28. The van der Waals surface area contributed by atoms with Gasteiger partial charge in [0.25, 0.3) is 11.6 Å². The summed E-state index contributed by atoms with van der Waals surface area (Å²) in [6.07, 6.45) is 0.526. The first kappa shape index (κ1) is 24.4. The van der Waals surface area contributed by atoms with E-state index in [-0.39, 0.29) is 22.6 Å². The molecule has 36 heavy (non-hydrogen) atoms. The summed E-state index contributed by atoms with van der Waals surface area (Å²) < 4.78 is 26.3. The lowest BCUT2D eigenvalue weighted by molar-refractivity contribution is -0.384. The Morgan fingerprint density at radius 1 is 1.03 bits per heavy atom. The molecule has 0 unspecified atom stereocenters. The molecule has 3 aromatic carbocycles. The van der Waals surface area contributed by atoms with Gasteiger partial charge in [0.05, 0.1) is 30.5 Å². The van der Waals surface area contributed by atoms with E-state index in [2.05, 4.69) is 10.4 Å². The highest BCUT2D eigenvalue weighted by Gasteiger charge is 2.20. The molecule has 0 radical (unpaired) electrons. The fourth-order valence-electron chi connectivity index (χ4n) is 3.70. The van der Waals surface area contributed by atoms with Crippen molar-refractivity contribution in [2.75, 3.05) is 20.8 Å². The summed E-state index contributed by atoms with van der Waals surface area (Å²) in [6.45, 7) is 0.314. The molecular weight excluding hydrogens is 467 g/mol. The smallest absolute Gasteiger partial charge is 0.270 e. The zero-order chi connectivity index (χ0) is 25.7. The third-order valence-electron chi connectivity index (χ3n) is 5.54. The van der Waals surface area contributed by atoms with Crippen molar-refractivity contribution < 1.29 is 23.6 Å². The second-order valence-corrected chi connectivity index (χ2v) is 7.78. The van der Waals surface area contributed by atoms with Gasteiger partial charge in [0.15, 0.2) is 11.5 Å². The largest absolute Gasteiger partial charge is 0.493 e. The molecule has 0 bridgehead atoms. The molecule has 184 valence electrons. The summed E-state index contributed by atoms with van der Waals surface area (Å²) in [6, 6.07) is 18.7. The van der Waals surface area contributed by atoms with Gasteiger partial charge in [0, 0.05) is 24.2 Å². The van der Waals surface area contributed by atoms with Crippen LogP contribution in [0, 0.1) is 15.9 Å². The van der Waals surface area contributed by atoms with Crippen molar-refractivity contribution in [3.8, 4) is 28.4 Å². The molecule has 0 saturated carbocycles. The maximum atomic E-state index is 14.4. The molecular formula is C26H23FN4O5. The lowest BCUT2D eigenvalue weighted by Gasteiger charge is -2.11. The first-order valence-electron chi connectivity index (χ1n) is 11.0. The van der Waals surface area contributed by atoms with Gasteiger partial charge in [-0.25, -0.2) is 9.07 Å². The van der Waals surface area contributed by atoms with Crippen LogP contribution in [0.1, 0.15) is 16.1 Å². The van der Waals surface area contributed by atoms with Gasteiger partial charge < -0.3 is 14.8 Å². The van der Waals surface area contributed by atoms with Crippen molar-refractivity contribution in [1.82, 2.24) is 15.1 Å². The SMILES string of the molecule is COc1ccc(CCNC(=O)c2cc(-c3ccccc3F)nn2-c2ccc([N+](=O)[O-])cc2)cc1OC. The monoisotopic (exact) mass is 490 g/mol. The molecule has 1 aromatic heterocycles. The van der Waals surface area contributed by atoms with Crippen molar-refractivity contribution in [1.29, 1.82) is 0 Å². The highest BCUT2D eigenvalue weighted by molar-refractivity contribution is 5.94. The van der Waals surface area contributed by atoms with Crippen molar-refractivity contribution in [3.63, 3.8) is 0 Å². The van der Waals surface area contributed by atoms with Gasteiger partial charge in [-0.15, -0.1) is 0 Å². The summed E-state index contributed by atoms with van der Waals surface area (Å²) in [4.78, 5) is 23.6. The minimum Gasteiger partial charge on any atom is -0.493 e. The van der Waals surface area contributed by atoms with Gasteiger partial charge in [-0.05, 0) is 54.4 Å². The molecule has 0 saturated heterocycles. The number of nitrogens with one attached hydrogen (secondary N) is 1. The van der Waals surface area contributed by atoms with E-state index in [1.807, 2.05) is 12.1 Å². The quantitative estimate of drug-likeness (QED) is 0.272. The number of non-ortho nitro benzene ring substituents is 1. The number of aromatic nitrogens is 2. The van der Waals surface area contributed by atoms with Crippen LogP contribution in [0.5, 0.6) is 11.5 Å². The van der Waals surface area contributed by atoms with Crippen LogP contribution in [0.3, 0.4) is 0 Å². The van der Waals surface area contributed by atoms with Crippen LogP contribution in [-0.4, -0.2) is 41.4 Å². The second kappa shape index (κ2) is 10.7. The normalized spacial score (nSPS) is 10.6. The molecule has 0 aliphatic carbocycles. The molecule has 0 fully saturated rings. The van der Waals surface area contributed by atoms with E-state index >= 15 is 0 Å². The molecule has 0 aliphatic heterocycles. The standard InChI is InChI=1S/C26H23FN4O5/c1-35-24-12-7-17(15-25(24)36-2)13-14-28-26(32)23-16-22(20-5-3-4-6-21(20)27)29-30(23)18-8-10-19(11-9-18)31(33)34/h3-12,15-16H,13-14H2,1-2H3,(H,28,32). The van der Waals surface area contributed by atoms with Crippen molar-refractivity contribution in [3.05, 3.63) is 100.0 Å². The number of methoxy groups -OCH3 is 2. The highest BCUT2D eigenvalue weighted by atomic mass is 19.1. The third kappa shape index (κ3) is 5.17. The molecule has 10 heteroatoms. The van der Waals surface area contributed by atoms with E-state index in [1.165, 1.54) is 41.1 Å². The Labute approximate surface area is 206 Å². The number of nitro benzene ring substituents is 1. The fraction of sp³-hybridized carbons (Fsp3) is 0.154. The van der Waals surface area contributed by atoms with Gasteiger partial charge >= 0.3 is 0 Å². The van der Waals surface area contributed by atoms with Gasteiger partial charge in [0.2, 0.25) is 0 Å². The van der Waals surface area contributed by atoms with Crippen LogP contribution in [0.4, 0.5) is 10.1 Å². The van der Waals surface area contributed by atoms with E-state index in [4.69, 9.17) is 9.47 Å². The number of ether oxygens (including phenoxy) is 2. The van der Waals surface area contributed by atoms with Gasteiger partial charge in [0.1, 0.15) is 11.5 Å². The average Bonchev–Trinajstić information content (AvgIpc) is 3.34. The maximum absolute atomic E-state index is 14.4. The zero-order valence-electron chi connectivity index (χ0n) is 19.6. The first-order valence-corrected chi connectivity index (χ1v) is 11.0. The number of nitro groups is 1. The number of hydrogen-bond donors (Lipinski definition) is 1. The van der Waals surface area contributed by atoms with E-state index < -0.39 is 16.6 Å². The van der Waals surface area contributed by atoms with Crippen LogP contribution >= 0.6 is 0 Å². The molecule has 0 atom stereocenters. The molecule has 1 heterocycles. The number of carbonyl (C=O) groups excluding carboxylic acids is 1. The van der Waals surface area contributed by atoms with E-state index in [9.17, 15) is 19.3 Å². The fourth-order valence-corrected chi connectivity index (χ4v) is 3.70. The van der Waals surface area contributed by atoms with Crippen LogP contribution < -0.4 is 14.8 Å². The number of halogens is 1. The summed E-state index contributed by atoms with van der Waals surface area (Å²) in [7, 11) is 3.11. The van der Waals surface area contributed by atoms with Crippen LogP contribution in [0.2, 0.25) is 0 Å². The number of benzene rings is 3. The Hall–Kier alpha value is -4.73. The molecule has 0 spiro atoms. The van der Waals surface area contributed by atoms with Crippen molar-refractivity contribution >= 4 is 11.6 Å². The van der Waals surface area contributed by atoms with Crippen molar-refractivity contribution in [2.45, 2.75) is 6.42 Å². The Morgan fingerprint density at radius 2 is 1.75 bits per heavy atom. The second-order valence-electron chi connectivity index (χ2n) is 7.78. The molecule has 0 aliphatic rings. The summed E-state index contributed by atoms with van der Waals surface area (Å²) >= 11 is 0. The van der Waals surface area contributed by atoms with Crippen molar-refractivity contribution in [2.24, 2.45) is 0 Å². The topological polar surface area (TPSA) is 109 Å². The average molecular weight is 490 g/mol. The number of carbonyl (C=O) groups is 1. The Balaban J connectivity index is 1.59. The van der Waals surface area contributed by atoms with E-state index in [0.717, 1.165) is 5.56 Å². The maximum Gasteiger partial charge on any atom is 0.270 e. The number of amides is 1. The Kier molecular flexibility index (Phi) is 7.24. The molecule has 4 rings (SSSR count). The predicted octanol–water partition coefficient (Wildman–Crippen LogP) is 4.58. The van der Waals surface area contributed by atoms with Crippen LogP contribution in [-0.2, 0) is 6.42 Å². The lowest BCUT2D eigenvalue weighted by Crippen LogP contribution is -2.27. The molecule has 4 aromatic rings. The van der Waals surface area contributed by atoms with Gasteiger partial charge in [-0.2, -0.15) is 5.10 Å². The molecule has 9 nitrogen and oxygen atoms in total. The minimum atomic E-state index is -0.514. The lowest BCUT2D eigenvalue weighted by atomic mass is 10.1. The van der Waals surface area contributed by atoms with Gasteiger partial charge in [-0.1, -0.05) is 18.2 Å². The summed E-state index contributed by atoms with van der Waals surface area (Å²) in [5.41, 5.74) is 1.92. The first-order chi connectivity index (χ1) is 17.4. The predicted molar refractivity (Wildman–Crippen MR) is 131 cm³/mol. The number of rotatable bonds is 9. The zero-order valence-corrected chi connectivity index (χ0v) is 19.6. The molecule has 1 N–H and O–H groups in total.